The fraction of sp³-hybridized carbons (Fsp3) is 0.500. The number of alkyl halides is 1. The molecular formula is C24H30F2N2O. The van der Waals surface area contributed by atoms with E-state index in [-0.39, 0.29) is 12.4 Å². The molecule has 0 radical (unpaired) electrons. The minimum atomic E-state index is -0.459. The number of halogens is 2. The van der Waals surface area contributed by atoms with Crippen molar-refractivity contribution in [1.82, 2.24) is 4.90 Å². The fourth-order valence-corrected chi connectivity index (χ4v) is 4.83. The molecular weight excluding hydrogens is 369 g/mol. The van der Waals surface area contributed by atoms with Gasteiger partial charge in [0.15, 0.2) is 0 Å². The van der Waals surface area contributed by atoms with Crippen LogP contribution in [0.2, 0.25) is 0 Å². The zero-order valence-corrected chi connectivity index (χ0v) is 16.9. The van der Waals surface area contributed by atoms with Crippen LogP contribution in [-0.4, -0.2) is 50.4 Å². The summed E-state index contributed by atoms with van der Waals surface area (Å²) in [6.07, 6.45) is 4.73. The molecule has 0 unspecified atom stereocenters. The first-order valence-electron chi connectivity index (χ1n) is 10.8. The van der Waals surface area contributed by atoms with Crippen LogP contribution in [0.5, 0.6) is 5.75 Å². The number of hydrogen-bond acceptors (Lipinski definition) is 3. The third kappa shape index (κ3) is 4.89. The Kier molecular flexibility index (Phi) is 6.65. The Morgan fingerprint density at radius 2 is 1.66 bits per heavy atom. The highest BCUT2D eigenvalue weighted by Gasteiger charge is 2.29. The molecule has 29 heavy (non-hydrogen) atoms. The Balaban J connectivity index is 1.28. The highest BCUT2D eigenvalue weighted by molar-refractivity contribution is 5.48. The van der Waals surface area contributed by atoms with Gasteiger partial charge in [-0.05, 0) is 61.4 Å². The highest BCUT2D eigenvalue weighted by atomic mass is 19.1. The Morgan fingerprint density at radius 1 is 0.897 bits per heavy atom. The van der Waals surface area contributed by atoms with Crippen molar-refractivity contribution in [2.45, 2.75) is 37.6 Å². The molecule has 0 atom stereocenters. The normalized spacial score (nSPS) is 23.2. The number of nitrogens with zero attached hydrogens (tertiary/aromatic N) is 2. The van der Waals surface area contributed by atoms with Crippen molar-refractivity contribution in [1.29, 1.82) is 0 Å². The number of anilines is 1. The van der Waals surface area contributed by atoms with Crippen molar-refractivity contribution in [2.75, 3.05) is 44.4 Å². The van der Waals surface area contributed by atoms with Crippen LogP contribution in [0.4, 0.5) is 14.5 Å². The number of para-hydroxylation sites is 1. The molecule has 4 rings (SSSR count). The van der Waals surface area contributed by atoms with Gasteiger partial charge in [0.05, 0.1) is 5.69 Å². The maximum atomic E-state index is 14.0. The van der Waals surface area contributed by atoms with E-state index in [0.717, 1.165) is 37.6 Å². The molecule has 0 spiro atoms. The summed E-state index contributed by atoms with van der Waals surface area (Å²) in [6, 6.07) is 15.9. The Morgan fingerprint density at radius 3 is 2.38 bits per heavy atom. The Labute approximate surface area is 172 Å². The number of hydrogen-bond donors (Lipinski definition) is 0. The van der Waals surface area contributed by atoms with E-state index in [1.165, 1.54) is 31.2 Å². The van der Waals surface area contributed by atoms with Crippen LogP contribution < -0.4 is 9.64 Å². The van der Waals surface area contributed by atoms with Crippen LogP contribution >= 0.6 is 0 Å². The van der Waals surface area contributed by atoms with Crippen molar-refractivity contribution in [2.24, 2.45) is 0 Å². The van der Waals surface area contributed by atoms with E-state index in [4.69, 9.17) is 4.74 Å². The molecule has 2 aromatic carbocycles. The maximum absolute atomic E-state index is 14.0. The first-order chi connectivity index (χ1) is 14.2. The van der Waals surface area contributed by atoms with Gasteiger partial charge in [0.25, 0.3) is 0 Å². The molecule has 3 nitrogen and oxygen atoms in total. The van der Waals surface area contributed by atoms with Gasteiger partial charge in [0.1, 0.15) is 24.8 Å². The highest BCUT2D eigenvalue weighted by Crippen LogP contribution is 2.36. The third-order valence-electron chi connectivity index (χ3n) is 6.40. The SMILES string of the molecule is Fc1ccccc1N1CCN(C2CCC(c3cccc(OCC[18F])c3)CC2)CC1. The average molecular weight is 400 g/mol. The number of ether oxygens (including phenoxy) is 1. The van der Waals surface area contributed by atoms with Crippen molar-refractivity contribution in [3.8, 4) is 5.75 Å². The van der Waals surface area contributed by atoms with Crippen LogP contribution in [0.1, 0.15) is 37.2 Å². The van der Waals surface area contributed by atoms with E-state index in [1.807, 2.05) is 24.3 Å². The van der Waals surface area contributed by atoms with Gasteiger partial charge in [0.2, 0.25) is 0 Å². The van der Waals surface area contributed by atoms with Crippen LogP contribution in [0.15, 0.2) is 48.5 Å². The summed E-state index contributed by atoms with van der Waals surface area (Å²) in [6.45, 7) is 3.42. The lowest BCUT2D eigenvalue weighted by Gasteiger charge is -2.42. The van der Waals surface area contributed by atoms with E-state index in [9.17, 15) is 8.78 Å². The van der Waals surface area contributed by atoms with E-state index >= 15 is 0 Å². The number of piperazine rings is 1. The summed E-state index contributed by atoms with van der Waals surface area (Å²) in [4.78, 5) is 4.76. The molecule has 0 aromatic heterocycles. The predicted octanol–water partition coefficient (Wildman–Crippen LogP) is 5.02. The second kappa shape index (κ2) is 9.57. The van der Waals surface area contributed by atoms with Gasteiger partial charge in [-0.15, -0.1) is 0 Å². The quantitative estimate of drug-likeness (QED) is 0.678. The summed E-state index contributed by atoms with van der Waals surface area (Å²) in [5, 5.41) is 0. The van der Waals surface area contributed by atoms with Gasteiger partial charge in [0, 0.05) is 32.2 Å². The van der Waals surface area contributed by atoms with Gasteiger partial charge >= 0.3 is 0 Å². The molecule has 1 aliphatic heterocycles. The fourth-order valence-electron chi connectivity index (χ4n) is 4.83. The van der Waals surface area contributed by atoms with Crippen molar-refractivity contribution in [3.63, 3.8) is 0 Å². The van der Waals surface area contributed by atoms with Gasteiger partial charge in [-0.3, -0.25) is 4.90 Å². The van der Waals surface area contributed by atoms with Gasteiger partial charge in [-0.2, -0.15) is 0 Å². The minimum Gasteiger partial charge on any atom is -0.491 e. The molecule has 0 N–H and O–H groups in total. The summed E-state index contributed by atoms with van der Waals surface area (Å²) < 4.78 is 31.8. The summed E-state index contributed by atoms with van der Waals surface area (Å²) >= 11 is 0. The minimum absolute atomic E-state index is 0.120. The second-order valence-corrected chi connectivity index (χ2v) is 8.09. The van der Waals surface area contributed by atoms with E-state index in [0.29, 0.717) is 12.0 Å². The lowest BCUT2D eigenvalue weighted by molar-refractivity contribution is 0.141. The monoisotopic (exact) mass is 399 g/mol. The smallest absolute Gasteiger partial charge is 0.146 e. The van der Waals surface area contributed by atoms with Crippen LogP contribution in [0.3, 0.4) is 0 Å². The zero-order valence-electron chi connectivity index (χ0n) is 16.9. The van der Waals surface area contributed by atoms with Gasteiger partial charge in [-0.1, -0.05) is 24.3 Å². The molecule has 2 aliphatic rings. The molecule has 0 bridgehead atoms. The van der Waals surface area contributed by atoms with Gasteiger partial charge in [-0.25, -0.2) is 8.78 Å². The van der Waals surface area contributed by atoms with Crippen molar-refractivity contribution in [3.05, 3.63) is 59.9 Å². The predicted molar refractivity (Wildman–Crippen MR) is 113 cm³/mol. The zero-order chi connectivity index (χ0) is 20.1. The van der Waals surface area contributed by atoms with Crippen LogP contribution in [-0.2, 0) is 0 Å². The first-order valence-corrected chi connectivity index (χ1v) is 10.8. The van der Waals surface area contributed by atoms with Gasteiger partial charge < -0.3 is 9.64 Å². The Bertz CT molecular complexity index is 784. The topological polar surface area (TPSA) is 15.7 Å². The summed E-state index contributed by atoms with van der Waals surface area (Å²) in [7, 11) is 0. The summed E-state index contributed by atoms with van der Waals surface area (Å²) in [5.41, 5.74) is 2.04. The van der Waals surface area contributed by atoms with E-state index < -0.39 is 6.67 Å². The molecule has 2 aromatic rings. The number of rotatable bonds is 6. The van der Waals surface area contributed by atoms with Crippen LogP contribution in [0.25, 0.3) is 0 Å². The standard InChI is InChI=1S/C24H30F2N2O/c25-12-17-29-22-5-3-4-20(18-22)19-8-10-21(11-9-19)27-13-15-28(16-14-27)24-7-2-1-6-23(24)26/h1-7,18-19,21H,8-17H2/i25-1. The maximum Gasteiger partial charge on any atom is 0.146 e. The largest absolute Gasteiger partial charge is 0.491 e. The molecule has 0 amide bonds. The third-order valence-corrected chi connectivity index (χ3v) is 6.40. The van der Waals surface area contributed by atoms with Crippen molar-refractivity contribution < 1.29 is 13.5 Å². The van der Waals surface area contributed by atoms with Crippen LogP contribution in [0, 0.1) is 5.82 Å². The lowest BCUT2D eigenvalue weighted by Crippen LogP contribution is -2.51. The number of benzene rings is 2. The molecule has 1 heterocycles. The van der Waals surface area contributed by atoms with Crippen molar-refractivity contribution >= 4 is 5.69 Å². The second-order valence-electron chi connectivity index (χ2n) is 8.09. The molecule has 1 aliphatic carbocycles. The molecule has 1 saturated heterocycles. The van der Waals surface area contributed by atoms with E-state index in [2.05, 4.69) is 21.9 Å². The molecule has 2 fully saturated rings. The van der Waals surface area contributed by atoms with E-state index in [1.54, 1.807) is 12.1 Å². The first kappa shape index (κ1) is 20.1. The molecule has 5 heteroatoms. The average Bonchev–Trinajstić information content (AvgIpc) is 2.78. The Hall–Kier alpha value is -2.14. The lowest BCUT2D eigenvalue weighted by atomic mass is 9.81. The summed E-state index contributed by atoms with van der Waals surface area (Å²) in [5.74, 6) is 1.20. The molecule has 1 saturated carbocycles. The molecule has 156 valence electrons.